The van der Waals surface area contributed by atoms with Crippen molar-refractivity contribution in [3.8, 4) is 5.75 Å². The van der Waals surface area contributed by atoms with Crippen LogP contribution in [-0.2, 0) is 51.0 Å². The lowest BCUT2D eigenvalue weighted by Gasteiger charge is -2.35. The number of fused-ring (bicyclic) bond motifs is 2. The fraction of sp³-hybridized carbons (Fsp3) is 0.397. The van der Waals surface area contributed by atoms with E-state index in [-0.39, 0.29) is 23.1 Å². The molecular weight excluding hydrogens is 1330 g/mol. The van der Waals surface area contributed by atoms with Crippen LogP contribution in [0, 0.1) is 12.8 Å². The minimum Gasteiger partial charge on any atom is -0.426 e. The molecule has 0 bridgehead atoms. The molecule has 0 saturated carbocycles. The van der Waals surface area contributed by atoms with E-state index < -0.39 is 60.0 Å². The number of esters is 1. The van der Waals surface area contributed by atoms with Crippen LogP contribution in [0.5, 0.6) is 5.75 Å². The summed E-state index contributed by atoms with van der Waals surface area (Å²) in [5.41, 5.74) is 14.1. The van der Waals surface area contributed by atoms with Crippen LogP contribution < -0.4 is 41.1 Å². The number of ether oxygens (including phenoxy) is 1. The molecule has 1 heterocycles. The Morgan fingerprint density at radius 2 is 1.16 bits per heavy atom. The summed E-state index contributed by atoms with van der Waals surface area (Å²) in [7, 11) is -8.94. The molecule has 0 saturated heterocycles. The maximum absolute atomic E-state index is 13.3. The zero-order chi connectivity index (χ0) is 72.0. The van der Waals surface area contributed by atoms with Crippen molar-refractivity contribution in [2.45, 2.75) is 149 Å². The SMILES string of the molecule is CCCCCCCCCCCCOOCc1ccc(Cl)c(NC(=O)C2=Nc3ccc(N(CC)CC)cc3N(CC)C2O)c1.CCNc1cc(N(CC)CC)ccc1N.Cc1ccc(Cl)c(NC(=O)C(C)C(=O)Oc2ccccc2)c1.O=S(=O)(O)c1cccc2c(S(=O)(=O)O)cccc12. The number of unbranched alkanes of at least 4 members (excludes halogenated alkanes) is 9. The number of rotatable bonds is 31. The summed E-state index contributed by atoms with van der Waals surface area (Å²) >= 11 is 12.4. The second-order valence-electron chi connectivity index (χ2n) is 23.0. The molecule has 2 atom stereocenters. The molecule has 0 aliphatic carbocycles. The van der Waals surface area contributed by atoms with Gasteiger partial charge in [0.1, 0.15) is 28.1 Å². The molecule has 1 aliphatic rings. The van der Waals surface area contributed by atoms with Crippen molar-refractivity contribution in [2.24, 2.45) is 10.9 Å². The smallest absolute Gasteiger partial charge is 0.323 e. The van der Waals surface area contributed by atoms with E-state index in [4.69, 9.17) is 52.6 Å². The number of nitrogens with zero attached hydrogens (tertiary/aromatic N) is 4. The van der Waals surface area contributed by atoms with Gasteiger partial charge in [0.25, 0.3) is 26.1 Å². The Kier molecular flexibility index (Phi) is 33.7. The lowest BCUT2D eigenvalue weighted by atomic mass is 10.1. The number of nitrogens with two attached hydrogens (primary N) is 1. The van der Waals surface area contributed by atoms with E-state index in [2.05, 4.69) is 84.4 Å². The molecule has 0 spiro atoms. The standard InChI is InChI=1S/C34H51ClN4O4.C17H16ClNO3.C12H21N3.C10H8O6S2/c1-5-9-10-11-12-13-14-15-16-17-22-42-43-25-26-18-20-28(35)30(23-26)37-33(40)32-34(41)39(8-4)31-24-27(38(6-2)7-3)19-21-29(31)36-32;1-11-8-9-14(18)15(10-11)19-16(20)12(2)17(21)22-13-6-4-3-5-7-13;1-4-14-12-9-10(7-8-11(12)13)15(5-2)6-3;11-17(12,13)9-5-1-3-7-8(9)4-2-6-10(7)18(14,15)16/h18-21,23-24,34,41H,5-17,22,25H2,1-4H3,(H,37,40);3-10,12H,1-2H3,(H,19,20);7-9,14H,4-6,13H2,1-3H3;1-6H,(H,11,12,13)(H,14,15,16). The van der Waals surface area contributed by atoms with Crippen molar-refractivity contribution in [3.63, 3.8) is 0 Å². The summed E-state index contributed by atoms with van der Waals surface area (Å²) < 4.78 is 67.8. The van der Waals surface area contributed by atoms with Crippen molar-refractivity contribution >= 4 is 123 Å². The number of para-hydroxylation sites is 1. The molecule has 0 aromatic heterocycles. The molecule has 25 heteroatoms. The summed E-state index contributed by atoms with van der Waals surface area (Å²) in [6.07, 6.45) is 11.5. The molecular formula is C73H96Cl2N8O13S2. The Labute approximate surface area is 588 Å². The van der Waals surface area contributed by atoms with E-state index in [0.29, 0.717) is 46.0 Å². The second-order valence-corrected chi connectivity index (χ2v) is 26.6. The number of hydrogen-bond acceptors (Lipinski definition) is 17. The number of aliphatic hydroxyl groups is 1. The van der Waals surface area contributed by atoms with Gasteiger partial charge in [-0.1, -0.05) is 143 Å². The van der Waals surface area contributed by atoms with Crippen molar-refractivity contribution in [1.82, 2.24) is 0 Å². The number of amides is 2. The minimum absolute atomic E-state index is 0.0162. The fourth-order valence-corrected chi connectivity index (χ4v) is 12.3. The zero-order valence-corrected chi connectivity index (χ0v) is 60.7. The van der Waals surface area contributed by atoms with E-state index in [0.717, 1.165) is 91.6 Å². The highest BCUT2D eigenvalue weighted by molar-refractivity contribution is 7.86. The van der Waals surface area contributed by atoms with Crippen LogP contribution in [0.1, 0.15) is 131 Å². The molecule has 7 aromatic rings. The number of nitrogen functional groups attached to an aromatic ring is 1. The average molecular weight is 1430 g/mol. The van der Waals surface area contributed by atoms with Crippen LogP contribution in [0.15, 0.2) is 154 Å². The number of nitrogens with one attached hydrogen (secondary N) is 3. The molecule has 8 N–H and O–H groups in total. The number of aryl methyl sites for hydroxylation is 1. The van der Waals surface area contributed by atoms with Gasteiger partial charge in [-0.25, -0.2) is 14.8 Å². The van der Waals surface area contributed by atoms with Crippen LogP contribution in [0.4, 0.5) is 45.5 Å². The molecule has 98 heavy (non-hydrogen) atoms. The normalized spacial score (nSPS) is 12.8. The van der Waals surface area contributed by atoms with Gasteiger partial charge in [0.2, 0.25) is 5.91 Å². The number of aliphatic hydroxyl groups excluding tert-OH is 1. The van der Waals surface area contributed by atoms with Crippen LogP contribution in [0.3, 0.4) is 0 Å². The summed E-state index contributed by atoms with van der Waals surface area (Å²) in [6.45, 7) is 24.1. The highest BCUT2D eigenvalue weighted by atomic mass is 35.5. The topological polar surface area (TPSA) is 292 Å². The lowest BCUT2D eigenvalue weighted by molar-refractivity contribution is -0.304. The van der Waals surface area contributed by atoms with Crippen molar-refractivity contribution < 1.29 is 59.9 Å². The average Bonchev–Trinajstić information content (AvgIpc) is 0.780. The third-order valence-electron chi connectivity index (χ3n) is 15.9. The van der Waals surface area contributed by atoms with Gasteiger partial charge in [-0.3, -0.25) is 23.5 Å². The van der Waals surface area contributed by atoms with E-state index >= 15 is 0 Å². The van der Waals surface area contributed by atoms with Crippen molar-refractivity contribution in [1.29, 1.82) is 0 Å². The molecule has 21 nitrogen and oxygen atoms in total. The molecule has 2 amide bonds. The maximum atomic E-state index is 13.3. The van der Waals surface area contributed by atoms with Gasteiger partial charge in [0.05, 0.1) is 50.8 Å². The van der Waals surface area contributed by atoms with Crippen molar-refractivity contribution in [3.05, 3.63) is 161 Å². The maximum Gasteiger partial charge on any atom is 0.323 e. The quantitative estimate of drug-likeness (QED) is 0.00311. The predicted molar refractivity (Wildman–Crippen MR) is 397 cm³/mol. The zero-order valence-electron chi connectivity index (χ0n) is 57.5. The predicted octanol–water partition coefficient (Wildman–Crippen LogP) is 16.1. The fourth-order valence-electron chi connectivity index (χ4n) is 10.5. The third kappa shape index (κ3) is 24.9. The first-order valence-corrected chi connectivity index (χ1v) is 36.9. The largest absolute Gasteiger partial charge is 0.426 e. The number of anilines is 7. The number of aliphatic imine (C=N–C) groups is 1. The van der Waals surface area contributed by atoms with Crippen LogP contribution >= 0.6 is 23.2 Å². The Morgan fingerprint density at radius 1 is 0.622 bits per heavy atom. The Hall–Kier alpha value is -7.84. The molecule has 1 aliphatic heterocycles. The summed E-state index contributed by atoms with van der Waals surface area (Å²) in [6, 6.07) is 38.8. The number of halogens is 2. The molecule has 532 valence electrons. The number of carbonyl (C=O) groups is 3. The van der Waals surface area contributed by atoms with E-state index in [1.54, 1.807) is 53.4 Å². The van der Waals surface area contributed by atoms with Gasteiger partial charge >= 0.3 is 5.97 Å². The van der Waals surface area contributed by atoms with Gasteiger partial charge in [-0.15, -0.1) is 0 Å². The van der Waals surface area contributed by atoms with Gasteiger partial charge in [0, 0.05) is 61.4 Å². The Morgan fingerprint density at radius 3 is 1.71 bits per heavy atom. The monoisotopic (exact) mass is 1430 g/mol. The van der Waals surface area contributed by atoms with Gasteiger partial charge in [0.15, 0.2) is 11.9 Å². The summed E-state index contributed by atoms with van der Waals surface area (Å²) in [5, 5.41) is 20.7. The molecule has 2 unspecified atom stereocenters. The van der Waals surface area contributed by atoms with Gasteiger partial charge in [-0.05, 0) is 158 Å². The minimum atomic E-state index is -4.47. The van der Waals surface area contributed by atoms with Crippen LogP contribution in [-0.4, -0.2) is 107 Å². The Balaban J connectivity index is 0.000000262. The first-order chi connectivity index (χ1) is 46.8. The molecule has 0 radical (unpaired) electrons. The van der Waals surface area contributed by atoms with Gasteiger partial charge < -0.3 is 46.2 Å². The first-order valence-electron chi connectivity index (χ1n) is 33.3. The third-order valence-corrected chi connectivity index (χ3v) is 18.4. The molecule has 8 rings (SSSR count). The summed E-state index contributed by atoms with van der Waals surface area (Å²) in [4.78, 5) is 58.3. The van der Waals surface area contributed by atoms with Crippen LogP contribution in [0.2, 0.25) is 10.0 Å². The lowest BCUT2D eigenvalue weighted by Crippen LogP contribution is -2.48. The van der Waals surface area contributed by atoms with E-state index in [1.807, 2.05) is 56.3 Å². The van der Waals surface area contributed by atoms with E-state index in [1.165, 1.54) is 88.2 Å². The summed E-state index contributed by atoms with van der Waals surface area (Å²) in [5.74, 6) is -2.14. The number of carbonyl (C=O) groups excluding carboxylic acids is 3. The van der Waals surface area contributed by atoms with E-state index in [9.17, 15) is 36.3 Å². The Bertz CT molecular complexity index is 3900. The molecule has 7 aromatic carbocycles. The molecule has 0 fully saturated rings. The number of hydrogen-bond donors (Lipinski definition) is 7. The van der Waals surface area contributed by atoms with Crippen molar-refractivity contribution in [2.75, 3.05) is 82.3 Å². The highest BCUT2D eigenvalue weighted by Gasteiger charge is 2.33. The second kappa shape index (κ2) is 40.9. The first kappa shape index (κ1) is 80.8. The number of benzene rings is 7. The highest BCUT2D eigenvalue weighted by Crippen LogP contribution is 2.38. The van der Waals surface area contributed by atoms with Crippen LogP contribution in [0.25, 0.3) is 10.8 Å². The van der Waals surface area contributed by atoms with Gasteiger partial charge in [-0.2, -0.15) is 16.8 Å².